The molecular formula is C16H9N7O2. The highest BCUT2D eigenvalue weighted by Gasteiger charge is 2.14. The molecule has 0 bridgehead atoms. The summed E-state index contributed by atoms with van der Waals surface area (Å²) in [7, 11) is 0. The maximum absolute atomic E-state index is 12.1. The first-order valence-corrected chi connectivity index (χ1v) is 7.01. The zero-order valence-corrected chi connectivity index (χ0v) is 12.7. The zero-order valence-electron chi connectivity index (χ0n) is 12.7. The predicted molar refractivity (Wildman–Crippen MR) is 86.4 cm³/mol. The molecule has 0 atom stereocenters. The highest BCUT2D eigenvalue weighted by Crippen LogP contribution is 2.24. The van der Waals surface area contributed by atoms with Gasteiger partial charge in [0.25, 0.3) is 5.91 Å². The van der Waals surface area contributed by atoms with Gasteiger partial charge < -0.3 is 9.84 Å². The lowest BCUT2D eigenvalue weighted by Crippen LogP contribution is -2.14. The van der Waals surface area contributed by atoms with Gasteiger partial charge in [-0.25, -0.2) is 4.98 Å². The van der Waals surface area contributed by atoms with Gasteiger partial charge in [0, 0.05) is 12.4 Å². The summed E-state index contributed by atoms with van der Waals surface area (Å²) in [5.74, 6) is -0.236. The Bertz CT molecular complexity index is 1030. The molecular weight excluding hydrogens is 322 g/mol. The first-order valence-electron chi connectivity index (χ1n) is 7.01. The Balaban J connectivity index is 1.86. The Morgan fingerprint density at radius 2 is 2.12 bits per heavy atom. The summed E-state index contributed by atoms with van der Waals surface area (Å²) >= 11 is 0. The van der Waals surface area contributed by atoms with Gasteiger partial charge in [-0.15, -0.1) is 0 Å². The molecule has 0 unspecified atom stereocenters. The van der Waals surface area contributed by atoms with Gasteiger partial charge in [-0.2, -0.15) is 10.5 Å². The molecule has 3 rings (SSSR count). The van der Waals surface area contributed by atoms with E-state index in [0.717, 1.165) is 5.56 Å². The number of rotatable bonds is 4. The van der Waals surface area contributed by atoms with Crippen LogP contribution in [0.5, 0.6) is 0 Å². The zero-order chi connectivity index (χ0) is 17.6. The maximum Gasteiger partial charge on any atom is 0.277 e. The largest absolute Gasteiger partial charge is 0.354 e. The smallest absolute Gasteiger partial charge is 0.277 e. The molecule has 25 heavy (non-hydrogen) atoms. The van der Waals surface area contributed by atoms with Crippen molar-refractivity contribution in [1.82, 2.24) is 15.1 Å². The van der Waals surface area contributed by atoms with Gasteiger partial charge in [0.05, 0.1) is 18.1 Å². The molecule has 1 amide bonds. The first-order chi connectivity index (χ1) is 12.2. The molecule has 1 aromatic carbocycles. The third-order valence-corrected chi connectivity index (χ3v) is 3.19. The van der Waals surface area contributed by atoms with E-state index in [2.05, 4.69) is 25.4 Å². The number of carbonyl (C=O) groups is 1. The summed E-state index contributed by atoms with van der Waals surface area (Å²) in [5, 5.41) is 24.4. The van der Waals surface area contributed by atoms with Crippen LogP contribution in [-0.2, 0) is 6.54 Å². The van der Waals surface area contributed by atoms with E-state index in [-0.39, 0.29) is 23.8 Å². The van der Waals surface area contributed by atoms with Crippen LogP contribution in [0.2, 0.25) is 0 Å². The summed E-state index contributed by atoms with van der Waals surface area (Å²) in [6.45, 7) is 0.148. The fraction of sp³-hybridized carbons (Fsp3) is 0.0625. The fourth-order valence-corrected chi connectivity index (χ4v) is 2.03. The fourth-order valence-electron chi connectivity index (χ4n) is 2.03. The predicted octanol–water partition coefficient (Wildman–Crippen LogP) is 1.86. The van der Waals surface area contributed by atoms with Crippen LogP contribution in [0.4, 0.5) is 5.82 Å². The number of aromatic nitrogens is 3. The average Bonchev–Trinajstić information content (AvgIpc) is 3.05. The van der Waals surface area contributed by atoms with E-state index in [1.54, 1.807) is 30.3 Å². The molecule has 0 saturated carbocycles. The molecule has 120 valence electrons. The van der Waals surface area contributed by atoms with Crippen LogP contribution in [0.3, 0.4) is 0 Å². The van der Waals surface area contributed by atoms with Crippen LogP contribution in [0.25, 0.3) is 11.0 Å². The number of hydrogen-bond acceptors (Lipinski definition) is 8. The molecule has 0 aliphatic heterocycles. The number of nitriles is 2. The van der Waals surface area contributed by atoms with E-state index >= 15 is 0 Å². The quantitative estimate of drug-likeness (QED) is 0.719. The second-order valence-electron chi connectivity index (χ2n) is 4.79. The van der Waals surface area contributed by atoms with Gasteiger partial charge in [0.15, 0.2) is 11.4 Å². The number of fused-ring (bicyclic) bond motifs is 1. The Hall–Kier alpha value is -4.11. The van der Waals surface area contributed by atoms with Crippen LogP contribution in [0.15, 0.2) is 46.3 Å². The highest BCUT2D eigenvalue weighted by molar-refractivity contribution is 6.10. The number of anilines is 1. The van der Waals surface area contributed by atoms with Crippen molar-refractivity contribution in [2.24, 2.45) is 4.99 Å². The number of amides is 1. The lowest BCUT2D eigenvalue weighted by molar-refractivity contribution is 0.102. The SMILES string of the molecule is N#CC(C#N)=NCc1ccc2onc(NC(=O)c3cnccn3)c2c1. The minimum absolute atomic E-state index is 0.145. The van der Waals surface area contributed by atoms with E-state index in [1.807, 2.05) is 0 Å². The summed E-state index contributed by atoms with van der Waals surface area (Å²) in [5.41, 5.74) is 1.14. The summed E-state index contributed by atoms with van der Waals surface area (Å²) < 4.78 is 5.17. The molecule has 9 heteroatoms. The maximum atomic E-state index is 12.1. The Morgan fingerprint density at radius 3 is 2.84 bits per heavy atom. The van der Waals surface area contributed by atoms with Crippen molar-refractivity contribution >= 4 is 28.4 Å². The second-order valence-corrected chi connectivity index (χ2v) is 4.79. The van der Waals surface area contributed by atoms with Crippen molar-refractivity contribution in [3.63, 3.8) is 0 Å². The number of nitrogens with zero attached hydrogens (tertiary/aromatic N) is 6. The third kappa shape index (κ3) is 3.46. The summed E-state index contributed by atoms with van der Waals surface area (Å²) in [4.78, 5) is 23.8. The van der Waals surface area contributed by atoms with Gasteiger partial charge in [-0.3, -0.25) is 14.8 Å². The van der Waals surface area contributed by atoms with E-state index in [9.17, 15) is 4.79 Å². The number of aliphatic imine (C=N–C) groups is 1. The minimum atomic E-state index is -0.469. The van der Waals surface area contributed by atoms with E-state index in [0.29, 0.717) is 11.0 Å². The normalized spacial score (nSPS) is 9.84. The van der Waals surface area contributed by atoms with Crippen molar-refractivity contribution in [2.45, 2.75) is 6.54 Å². The Kier molecular flexibility index (Phi) is 4.40. The van der Waals surface area contributed by atoms with Gasteiger partial charge >= 0.3 is 0 Å². The lowest BCUT2D eigenvalue weighted by Gasteiger charge is -2.01. The standard InChI is InChI=1S/C16H9N7O2/c17-6-11(7-18)21-8-10-1-2-14-12(5-10)15(23-25-14)22-16(24)13-9-19-3-4-20-13/h1-5,9H,8H2,(H,22,23,24). The van der Waals surface area contributed by atoms with Crippen molar-refractivity contribution in [3.05, 3.63) is 48.0 Å². The van der Waals surface area contributed by atoms with Gasteiger partial charge in [0.2, 0.25) is 5.71 Å². The minimum Gasteiger partial charge on any atom is -0.354 e. The first kappa shape index (κ1) is 15.8. The third-order valence-electron chi connectivity index (χ3n) is 3.19. The molecule has 0 fully saturated rings. The number of hydrogen-bond donors (Lipinski definition) is 1. The number of benzene rings is 1. The highest BCUT2D eigenvalue weighted by atomic mass is 16.5. The van der Waals surface area contributed by atoms with Crippen LogP contribution < -0.4 is 5.32 Å². The molecule has 0 saturated heterocycles. The molecule has 1 N–H and O–H groups in total. The molecule has 2 aromatic heterocycles. The molecule has 0 radical (unpaired) electrons. The van der Waals surface area contributed by atoms with E-state index < -0.39 is 5.91 Å². The van der Waals surface area contributed by atoms with Crippen molar-refractivity contribution < 1.29 is 9.32 Å². The molecule has 2 heterocycles. The van der Waals surface area contributed by atoms with E-state index in [4.69, 9.17) is 15.0 Å². The molecule has 9 nitrogen and oxygen atoms in total. The van der Waals surface area contributed by atoms with Crippen molar-refractivity contribution in [1.29, 1.82) is 10.5 Å². The average molecular weight is 331 g/mol. The van der Waals surface area contributed by atoms with Gasteiger partial charge in [0.1, 0.15) is 17.8 Å². The molecule has 3 aromatic rings. The molecule has 0 spiro atoms. The van der Waals surface area contributed by atoms with Gasteiger partial charge in [-0.1, -0.05) is 11.2 Å². The lowest BCUT2D eigenvalue weighted by atomic mass is 10.1. The monoisotopic (exact) mass is 331 g/mol. The molecule has 0 aliphatic carbocycles. The van der Waals surface area contributed by atoms with Crippen LogP contribution in [-0.4, -0.2) is 26.7 Å². The van der Waals surface area contributed by atoms with Crippen molar-refractivity contribution in [3.8, 4) is 12.1 Å². The van der Waals surface area contributed by atoms with E-state index in [1.165, 1.54) is 18.6 Å². The number of nitrogens with one attached hydrogen (secondary N) is 1. The van der Waals surface area contributed by atoms with Crippen LogP contribution in [0, 0.1) is 22.7 Å². The second kappa shape index (κ2) is 6.98. The topological polar surface area (TPSA) is 141 Å². The van der Waals surface area contributed by atoms with Crippen LogP contribution in [0.1, 0.15) is 16.1 Å². The summed E-state index contributed by atoms with van der Waals surface area (Å²) in [6.07, 6.45) is 4.21. The van der Waals surface area contributed by atoms with Crippen molar-refractivity contribution in [2.75, 3.05) is 5.32 Å². The Morgan fingerprint density at radius 1 is 1.28 bits per heavy atom. The van der Waals surface area contributed by atoms with Crippen LogP contribution >= 0.6 is 0 Å². The van der Waals surface area contributed by atoms with Gasteiger partial charge in [-0.05, 0) is 17.7 Å². The summed E-state index contributed by atoms with van der Waals surface area (Å²) in [6, 6.07) is 8.52. The number of carbonyl (C=O) groups excluding carboxylic acids is 1. The Labute approximate surface area is 141 Å². The molecule has 0 aliphatic rings.